The molecule has 1 saturated heterocycles. The van der Waals surface area contributed by atoms with Gasteiger partial charge in [0.2, 0.25) is 0 Å². The number of hydrogen-bond acceptors (Lipinski definition) is 4. The number of rotatable bonds is 4. The van der Waals surface area contributed by atoms with Gasteiger partial charge in [-0.15, -0.1) is 0 Å². The maximum atomic E-state index is 12.1. The fourth-order valence-corrected chi connectivity index (χ4v) is 2.25. The summed E-state index contributed by atoms with van der Waals surface area (Å²) in [6.07, 6.45) is 3.27. The minimum absolute atomic E-state index is 0.0229. The van der Waals surface area contributed by atoms with Crippen LogP contribution in [0.1, 0.15) is 25.7 Å². The summed E-state index contributed by atoms with van der Waals surface area (Å²) in [5, 5.41) is 17.7. The number of nitrogens with zero attached hydrogens (tertiary/aromatic N) is 2. The van der Waals surface area contributed by atoms with Gasteiger partial charge in [0.1, 0.15) is 0 Å². The lowest BCUT2D eigenvalue weighted by atomic mass is 9.99. The van der Waals surface area contributed by atoms with Gasteiger partial charge in [0.25, 0.3) is 0 Å². The van der Waals surface area contributed by atoms with Gasteiger partial charge in [-0.25, -0.2) is 0 Å². The first-order valence-corrected chi connectivity index (χ1v) is 6.39. The minimum atomic E-state index is -0.589. The van der Waals surface area contributed by atoms with Gasteiger partial charge in [0, 0.05) is 32.8 Å². The average molecular weight is 258 g/mol. The first-order chi connectivity index (χ1) is 8.61. The Morgan fingerprint density at radius 3 is 2.61 bits per heavy atom. The van der Waals surface area contributed by atoms with Crippen LogP contribution < -0.4 is 0 Å². The molecule has 6 heteroatoms. The van der Waals surface area contributed by atoms with Crippen molar-refractivity contribution < 1.29 is 19.8 Å². The Morgan fingerprint density at radius 1 is 1.28 bits per heavy atom. The third-order valence-electron chi connectivity index (χ3n) is 3.32. The van der Waals surface area contributed by atoms with Gasteiger partial charge < -0.3 is 20.0 Å². The zero-order chi connectivity index (χ0) is 13.5. The zero-order valence-corrected chi connectivity index (χ0v) is 10.8. The number of aliphatic hydroxyl groups is 2. The number of piperidine rings is 1. The molecule has 6 nitrogen and oxygen atoms in total. The lowest BCUT2D eigenvalue weighted by Crippen LogP contribution is -2.51. The molecule has 0 aromatic rings. The van der Waals surface area contributed by atoms with E-state index in [1.54, 1.807) is 4.90 Å². The van der Waals surface area contributed by atoms with Crippen LogP contribution in [0.25, 0.3) is 0 Å². The molecule has 0 aromatic carbocycles. The predicted octanol–water partition coefficient (Wildman–Crippen LogP) is -0.799. The molecule has 0 spiro atoms. The van der Waals surface area contributed by atoms with E-state index in [9.17, 15) is 9.59 Å². The van der Waals surface area contributed by atoms with Crippen LogP contribution in [0.15, 0.2) is 0 Å². The molecule has 1 aliphatic heterocycles. The van der Waals surface area contributed by atoms with Gasteiger partial charge in [-0.05, 0) is 25.7 Å². The first kappa shape index (κ1) is 14.9. The Kier molecular flexibility index (Phi) is 6.07. The fourth-order valence-electron chi connectivity index (χ4n) is 2.25. The van der Waals surface area contributed by atoms with Crippen molar-refractivity contribution in [1.29, 1.82) is 0 Å². The van der Waals surface area contributed by atoms with Crippen LogP contribution in [0.5, 0.6) is 0 Å². The van der Waals surface area contributed by atoms with E-state index in [0.717, 1.165) is 19.3 Å². The summed E-state index contributed by atoms with van der Waals surface area (Å²) in [7, 11) is 1.50. The van der Waals surface area contributed by atoms with Crippen molar-refractivity contribution in [3.05, 3.63) is 0 Å². The van der Waals surface area contributed by atoms with E-state index in [0.29, 0.717) is 13.0 Å². The molecule has 0 radical (unpaired) electrons. The molecule has 104 valence electrons. The third-order valence-corrected chi connectivity index (χ3v) is 3.32. The van der Waals surface area contributed by atoms with Gasteiger partial charge in [0.05, 0.1) is 6.61 Å². The van der Waals surface area contributed by atoms with Crippen molar-refractivity contribution in [2.75, 3.05) is 33.4 Å². The molecule has 2 amide bonds. The van der Waals surface area contributed by atoms with Gasteiger partial charge in [-0.1, -0.05) is 0 Å². The van der Waals surface area contributed by atoms with E-state index >= 15 is 0 Å². The summed E-state index contributed by atoms with van der Waals surface area (Å²) in [6, 6.07) is -0.0391. The monoisotopic (exact) mass is 258 g/mol. The van der Waals surface area contributed by atoms with Crippen molar-refractivity contribution in [3.63, 3.8) is 0 Å². The molecule has 1 rings (SSSR count). The SMILES string of the molecule is CN(CCO)C(=O)C(=O)N1CCCCC1CCO. The van der Waals surface area contributed by atoms with Gasteiger partial charge in [-0.3, -0.25) is 9.59 Å². The molecule has 1 fully saturated rings. The standard InChI is InChI=1S/C12H22N2O4/c1-13(7-9-16)11(17)12(18)14-6-3-2-4-10(14)5-8-15/h10,15-16H,2-9H2,1H3. The minimum Gasteiger partial charge on any atom is -0.396 e. The second kappa shape index (κ2) is 7.33. The summed E-state index contributed by atoms with van der Waals surface area (Å²) in [5.41, 5.74) is 0. The predicted molar refractivity (Wildman–Crippen MR) is 65.8 cm³/mol. The molecular formula is C12H22N2O4. The maximum absolute atomic E-state index is 12.1. The number of hydrogen-bond donors (Lipinski definition) is 2. The summed E-state index contributed by atoms with van der Waals surface area (Å²) < 4.78 is 0. The average Bonchev–Trinajstić information content (AvgIpc) is 2.38. The normalized spacial score (nSPS) is 19.7. The third kappa shape index (κ3) is 3.68. The van der Waals surface area contributed by atoms with Crippen LogP contribution >= 0.6 is 0 Å². The number of aliphatic hydroxyl groups excluding tert-OH is 2. The highest BCUT2D eigenvalue weighted by atomic mass is 16.3. The maximum Gasteiger partial charge on any atom is 0.312 e. The summed E-state index contributed by atoms with van der Waals surface area (Å²) in [4.78, 5) is 26.7. The van der Waals surface area contributed by atoms with Crippen LogP contribution in [0, 0.1) is 0 Å². The van der Waals surface area contributed by atoms with Crippen LogP contribution in [-0.2, 0) is 9.59 Å². The lowest BCUT2D eigenvalue weighted by molar-refractivity contribution is -0.153. The van der Waals surface area contributed by atoms with E-state index in [1.165, 1.54) is 11.9 Å². The van der Waals surface area contributed by atoms with Crippen LogP contribution in [0.4, 0.5) is 0 Å². The quantitative estimate of drug-likeness (QED) is 0.647. The molecule has 0 bridgehead atoms. The second-order valence-electron chi connectivity index (χ2n) is 4.61. The Morgan fingerprint density at radius 2 is 2.00 bits per heavy atom. The Hall–Kier alpha value is -1.14. The van der Waals surface area contributed by atoms with Crippen molar-refractivity contribution in [1.82, 2.24) is 9.80 Å². The molecule has 1 aliphatic rings. The van der Waals surface area contributed by atoms with Crippen molar-refractivity contribution >= 4 is 11.8 Å². The molecule has 0 aromatic heterocycles. The Balaban J connectivity index is 2.64. The Labute approximate surface area is 107 Å². The van der Waals surface area contributed by atoms with E-state index in [4.69, 9.17) is 10.2 Å². The number of carbonyl (C=O) groups excluding carboxylic acids is 2. The molecule has 1 unspecified atom stereocenters. The van der Waals surface area contributed by atoms with E-state index in [1.807, 2.05) is 0 Å². The number of likely N-dealkylation sites (N-methyl/N-ethyl adjacent to an activating group) is 1. The fraction of sp³-hybridized carbons (Fsp3) is 0.833. The lowest BCUT2D eigenvalue weighted by Gasteiger charge is -2.35. The second-order valence-corrected chi connectivity index (χ2v) is 4.61. The van der Waals surface area contributed by atoms with Gasteiger partial charge >= 0.3 is 11.8 Å². The largest absolute Gasteiger partial charge is 0.396 e. The van der Waals surface area contributed by atoms with E-state index < -0.39 is 11.8 Å². The molecular weight excluding hydrogens is 236 g/mol. The highest BCUT2D eigenvalue weighted by Crippen LogP contribution is 2.19. The smallest absolute Gasteiger partial charge is 0.312 e. The molecule has 1 atom stereocenters. The van der Waals surface area contributed by atoms with Crippen LogP contribution in [0.3, 0.4) is 0 Å². The van der Waals surface area contributed by atoms with Crippen molar-refractivity contribution in [2.24, 2.45) is 0 Å². The van der Waals surface area contributed by atoms with E-state index in [-0.39, 0.29) is 25.8 Å². The zero-order valence-electron chi connectivity index (χ0n) is 10.8. The summed E-state index contributed by atoms with van der Waals surface area (Å²) >= 11 is 0. The van der Waals surface area contributed by atoms with Crippen LogP contribution in [-0.4, -0.2) is 71.2 Å². The van der Waals surface area contributed by atoms with Gasteiger partial charge in [-0.2, -0.15) is 0 Å². The molecule has 2 N–H and O–H groups in total. The first-order valence-electron chi connectivity index (χ1n) is 6.39. The molecule has 1 heterocycles. The van der Waals surface area contributed by atoms with Crippen molar-refractivity contribution in [3.8, 4) is 0 Å². The topological polar surface area (TPSA) is 81.1 Å². The number of likely N-dealkylation sites (tertiary alicyclic amines) is 1. The molecule has 0 aliphatic carbocycles. The van der Waals surface area contributed by atoms with Gasteiger partial charge in [0.15, 0.2) is 0 Å². The molecule has 18 heavy (non-hydrogen) atoms. The Bertz CT molecular complexity index is 294. The number of amides is 2. The van der Waals surface area contributed by atoms with Crippen molar-refractivity contribution in [2.45, 2.75) is 31.7 Å². The highest BCUT2D eigenvalue weighted by Gasteiger charge is 2.31. The van der Waals surface area contributed by atoms with E-state index in [2.05, 4.69) is 0 Å². The van der Waals surface area contributed by atoms with Crippen LogP contribution in [0.2, 0.25) is 0 Å². The molecule has 0 saturated carbocycles. The number of carbonyl (C=O) groups is 2. The highest BCUT2D eigenvalue weighted by molar-refractivity contribution is 6.34. The summed E-state index contributed by atoms with van der Waals surface area (Å²) in [5.74, 6) is -1.11. The summed E-state index contributed by atoms with van der Waals surface area (Å²) in [6.45, 7) is 0.593.